The third-order valence-electron chi connectivity index (χ3n) is 2.60. The molecule has 0 unspecified atom stereocenters. The zero-order valence-corrected chi connectivity index (χ0v) is 12.3. The number of nitrogens with zero attached hydrogens (tertiary/aromatic N) is 1. The zero-order valence-electron chi connectivity index (χ0n) is 9.99. The normalized spacial score (nSPS) is 10.5. The first-order valence-corrected chi connectivity index (χ1v) is 6.55. The summed E-state index contributed by atoms with van der Waals surface area (Å²) in [6, 6.07) is 6.78. The second-order valence-electron chi connectivity index (χ2n) is 4.02. The molecule has 6 heteroatoms. The van der Waals surface area contributed by atoms with Crippen molar-refractivity contribution < 1.29 is 9.21 Å². The minimum atomic E-state index is -0.218. The standard InChI is InChI=1S/C13H10Cl3NO2/c1-17(13(18)9-4-5-19-12(9)16)7-8-2-3-10(14)11(15)6-8/h2-6H,7H2,1H3. The number of hydrogen-bond donors (Lipinski definition) is 0. The van der Waals surface area contributed by atoms with E-state index in [9.17, 15) is 4.79 Å². The van der Waals surface area contributed by atoms with Crippen molar-refractivity contribution in [1.82, 2.24) is 4.90 Å². The molecule has 2 rings (SSSR count). The second kappa shape index (κ2) is 5.87. The van der Waals surface area contributed by atoms with E-state index in [2.05, 4.69) is 0 Å². The van der Waals surface area contributed by atoms with Gasteiger partial charge in [0.25, 0.3) is 5.91 Å². The Morgan fingerprint density at radius 3 is 2.53 bits per heavy atom. The number of hydrogen-bond acceptors (Lipinski definition) is 2. The molecule has 0 atom stereocenters. The number of carbonyl (C=O) groups excluding carboxylic acids is 1. The van der Waals surface area contributed by atoms with Crippen molar-refractivity contribution in [2.24, 2.45) is 0 Å². The zero-order chi connectivity index (χ0) is 14.0. The van der Waals surface area contributed by atoms with Crippen molar-refractivity contribution >= 4 is 40.7 Å². The van der Waals surface area contributed by atoms with Gasteiger partial charge in [-0.05, 0) is 35.4 Å². The summed E-state index contributed by atoms with van der Waals surface area (Å²) in [5.74, 6) is -0.218. The summed E-state index contributed by atoms with van der Waals surface area (Å²) in [6.07, 6.45) is 1.38. The molecule has 0 aliphatic rings. The first-order chi connectivity index (χ1) is 8.99. The Bertz CT molecular complexity index is 610. The van der Waals surface area contributed by atoms with Crippen LogP contribution >= 0.6 is 34.8 Å². The van der Waals surface area contributed by atoms with Gasteiger partial charge >= 0.3 is 0 Å². The molecule has 0 aliphatic carbocycles. The van der Waals surface area contributed by atoms with Gasteiger partial charge in [-0.25, -0.2) is 0 Å². The smallest absolute Gasteiger partial charge is 0.258 e. The quantitative estimate of drug-likeness (QED) is 0.834. The third kappa shape index (κ3) is 3.24. The van der Waals surface area contributed by atoms with Crippen molar-refractivity contribution in [1.29, 1.82) is 0 Å². The SMILES string of the molecule is CN(Cc1ccc(Cl)c(Cl)c1)C(=O)c1ccoc1Cl. The monoisotopic (exact) mass is 317 g/mol. The van der Waals surface area contributed by atoms with E-state index >= 15 is 0 Å². The largest absolute Gasteiger partial charge is 0.452 e. The molecule has 19 heavy (non-hydrogen) atoms. The van der Waals surface area contributed by atoms with Crippen LogP contribution in [0.25, 0.3) is 0 Å². The van der Waals surface area contributed by atoms with Gasteiger partial charge in [0.1, 0.15) is 0 Å². The van der Waals surface area contributed by atoms with Crippen LogP contribution in [0, 0.1) is 0 Å². The Labute approximate surface area is 125 Å². The summed E-state index contributed by atoms with van der Waals surface area (Å²) in [5, 5.41) is 1.03. The Morgan fingerprint density at radius 1 is 1.21 bits per heavy atom. The van der Waals surface area contributed by atoms with Crippen LogP contribution in [0.2, 0.25) is 15.3 Å². The molecule has 0 bridgehead atoms. The van der Waals surface area contributed by atoms with Crippen molar-refractivity contribution in [3.63, 3.8) is 0 Å². The van der Waals surface area contributed by atoms with Gasteiger partial charge in [-0.2, -0.15) is 0 Å². The van der Waals surface area contributed by atoms with Gasteiger partial charge in [-0.15, -0.1) is 0 Å². The molecule has 0 spiro atoms. The Kier molecular flexibility index (Phi) is 4.40. The molecule has 0 N–H and O–H groups in total. The molecule has 1 amide bonds. The first kappa shape index (κ1) is 14.3. The lowest BCUT2D eigenvalue weighted by Gasteiger charge is -2.16. The molecule has 100 valence electrons. The van der Waals surface area contributed by atoms with Crippen molar-refractivity contribution in [3.05, 3.63) is 56.9 Å². The van der Waals surface area contributed by atoms with E-state index in [0.717, 1.165) is 5.56 Å². The maximum absolute atomic E-state index is 12.1. The molecular weight excluding hydrogens is 309 g/mol. The number of carbonyl (C=O) groups is 1. The van der Waals surface area contributed by atoms with E-state index in [1.165, 1.54) is 17.2 Å². The van der Waals surface area contributed by atoms with Gasteiger partial charge in [-0.1, -0.05) is 29.3 Å². The lowest BCUT2D eigenvalue weighted by molar-refractivity contribution is 0.0784. The minimum absolute atomic E-state index is 0.0889. The van der Waals surface area contributed by atoms with Gasteiger partial charge < -0.3 is 9.32 Å². The molecule has 0 saturated heterocycles. The van der Waals surface area contributed by atoms with E-state index in [-0.39, 0.29) is 11.1 Å². The maximum Gasteiger partial charge on any atom is 0.258 e. The highest BCUT2D eigenvalue weighted by molar-refractivity contribution is 6.42. The highest BCUT2D eigenvalue weighted by Gasteiger charge is 2.17. The number of amides is 1. The van der Waals surface area contributed by atoms with Crippen LogP contribution in [0.1, 0.15) is 15.9 Å². The highest BCUT2D eigenvalue weighted by Crippen LogP contribution is 2.24. The fourth-order valence-electron chi connectivity index (χ4n) is 1.64. The Hall–Kier alpha value is -1.16. The molecule has 1 heterocycles. The van der Waals surface area contributed by atoms with Crippen LogP contribution in [-0.2, 0) is 6.54 Å². The molecule has 2 aromatic rings. The van der Waals surface area contributed by atoms with E-state index in [1.54, 1.807) is 19.2 Å². The molecule has 0 fully saturated rings. The van der Waals surface area contributed by atoms with Crippen LogP contribution in [0.5, 0.6) is 0 Å². The van der Waals surface area contributed by atoms with Crippen molar-refractivity contribution in [3.8, 4) is 0 Å². The maximum atomic E-state index is 12.1. The highest BCUT2D eigenvalue weighted by atomic mass is 35.5. The van der Waals surface area contributed by atoms with Gasteiger partial charge in [0.05, 0.1) is 21.9 Å². The van der Waals surface area contributed by atoms with Gasteiger partial charge in [-0.3, -0.25) is 4.79 Å². The van der Waals surface area contributed by atoms with Crippen molar-refractivity contribution in [2.45, 2.75) is 6.54 Å². The summed E-state index contributed by atoms with van der Waals surface area (Å²) in [5.41, 5.74) is 1.22. The first-order valence-electron chi connectivity index (χ1n) is 5.41. The number of halogens is 3. The van der Waals surface area contributed by atoms with E-state index in [1.807, 2.05) is 6.07 Å². The van der Waals surface area contributed by atoms with E-state index in [4.69, 9.17) is 39.2 Å². The van der Waals surface area contributed by atoms with Crippen LogP contribution < -0.4 is 0 Å². The number of rotatable bonds is 3. The molecule has 0 radical (unpaired) electrons. The molecule has 3 nitrogen and oxygen atoms in total. The third-order valence-corrected chi connectivity index (χ3v) is 3.63. The predicted octanol–water partition coefficient (Wildman–Crippen LogP) is 4.51. The van der Waals surface area contributed by atoms with Crippen LogP contribution in [0.3, 0.4) is 0 Å². The lowest BCUT2D eigenvalue weighted by atomic mass is 10.2. The summed E-state index contributed by atoms with van der Waals surface area (Å²) < 4.78 is 4.90. The van der Waals surface area contributed by atoms with Gasteiger partial charge in [0, 0.05) is 13.6 Å². The molecule has 0 saturated carbocycles. The molecule has 1 aromatic heterocycles. The summed E-state index contributed by atoms with van der Waals surface area (Å²) in [4.78, 5) is 13.6. The molecule has 0 aliphatic heterocycles. The summed E-state index contributed by atoms with van der Waals surface area (Å²) >= 11 is 17.5. The second-order valence-corrected chi connectivity index (χ2v) is 5.18. The number of benzene rings is 1. The van der Waals surface area contributed by atoms with Crippen molar-refractivity contribution in [2.75, 3.05) is 7.05 Å². The Balaban J connectivity index is 2.13. The van der Waals surface area contributed by atoms with Gasteiger partial charge in [0.2, 0.25) is 5.22 Å². The lowest BCUT2D eigenvalue weighted by Crippen LogP contribution is -2.26. The van der Waals surface area contributed by atoms with Crippen LogP contribution in [0.15, 0.2) is 34.9 Å². The molecule has 1 aromatic carbocycles. The van der Waals surface area contributed by atoms with E-state index < -0.39 is 0 Å². The van der Waals surface area contributed by atoms with Gasteiger partial charge in [0.15, 0.2) is 0 Å². The predicted molar refractivity (Wildman–Crippen MR) is 76.0 cm³/mol. The fraction of sp³-hybridized carbons (Fsp3) is 0.154. The Morgan fingerprint density at radius 2 is 1.95 bits per heavy atom. The van der Waals surface area contributed by atoms with E-state index in [0.29, 0.717) is 22.2 Å². The average Bonchev–Trinajstić information content (AvgIpc) is 2.79. The summed E-state index contributed by atoms with van der Waals surface area (Å²) in [7, 11) is 1.67. The van der Waals surface area contributed by atoms with Crippen LogP contribution in [0.4, 0.5) is 0 Å². The minimum Gasteiger partial charge on any atom is -0.452 e. The average molecular weight is 319 g/mol. The summed E-state index contributed by atoms with van der Waals surface area (Å²) in [6.45, 7) is 0.400. The fourth-order valence-corrected chi connectivity index (χ4v) is 2.15. The topological polar surface area (TPSA) is 33.5 Å². The van der Waals surface area contributed by atoms with Crippen LogP contribution in [-0.4, -0.2) is 17.9 Å². The number of furan rings is 1. The molecular formula is C13H10Cl3NO2.